The van der Waals surface area contributed by atoms with Crippen LogP contribution in [0.1, 0.15) is 12.7 Å². The highest BCUT2D eigenvalue weighted by Crippen LogP contribution is 2.30. The van der Waals surface area contributed by atoms with Crippen LogP contribution in [-0.2, 0) is 11.3 Å². The van der Waals surface area contributed by atoms with Crippen molar-refractivity contribution in [2.75, 3.05) is 0 Å². The standard InChI is InChI=1S/C11H10F3N3O3S/c1-10(9(18)19,11(12,13)14)15-5-7-16-8(20-17-7)6-3-2-4-21-6/h2-4,15H,5H2,1H3,(H,18,19). The van der Waals surface area contributed by atoms with E-state index in [1.54, 1.807) is 17.5 Å². The van der Waals surface area contributed by atoms with Crippen LogP contribution in [0.5, 0.6) is 0 Å². The highest BCUT2D eigenvalue weighted by Gasteiger charge is 2.57. The maximum atomic E-state index is 12.8. The molecule has 0 aromatic carbocycles. The Hall–Kier alpha value is -1.94. The Bertz CT molecular complexity index is 626. The number of nitrogens with one attached hydrogen (secondary N) is 1. The molecular weight excluding hydrogens is 311 g/mol. The Morgan fingerprint density at radius 3 is 2.76 bits per heavy atom. The fraction of sp³-hybridized carbons (Fsp3) is 0.364. The summed E-state index contributed by atoms with van der Waals surface area (Å²) in [6.07, 6.45) is -4.96. The number of carbonyl (C=O) groups is 1. The van der Waals surface area contributed by atoms with Crippen LogP contribution >= 0.6 is 11.3 Å². The third-order valence-electron chi connectivity index (χ3n) is 2.79. The van der Waals surface area contributed by atoms with Crippen LogP contribution < -0.4 is 5.32 Å². The SMILES string of the molecule is CC(NCc1noc(-c2cccs2)n1)(C(=O)O)C(F)(F)F. The lowest BCUT2D eigenvalue weighted by Crippen LogP contribution is -2.59. The summed E-state index contributed by atoms with van der Waals surface area (Å²) in [7, 11) is 0. The van der Waals surface area contributed by atoms with Gasteiger partial charge in [0, 0.05) is 0 Å². The van der Waals surface area contributed by atoms with E-state index in [0.717, 1.165) is 0 Å². The quantitative estimate of drug-likeness (QED) is 0.878. The predicted octanol–water partition coefficient (Wildman–Crippen LogP) is 2.29. The number of aliphatic carboxylic acids is 1. The van der Waals surface area contributed by atoms with Gasteiger partial charge in [0.25, 0.3) is 5.89 Å². The van der Waals surface area contributed by atoms with Crippen LogP contribution in [0.4, 0.5) is 13.2 Å². The van der Waals surface area contributed by atoms with Crippen molar-refractivity contribution in [1.82, 2.24) is 15.5 Å². The molecule has 0 radical (unpaired) electrons. The smallest absolute Gasteiger partial charge is 0.417 e. The lowest BCUT2D eigenvalue weighted by atomic mass is 10.0. The van der Waals surface area contributed by atoms with E-state index in [0.29, 0.717) is 11.8 Å². The first-order valence-electron chi connectivity index (χ1n) is 5.65. The summed E-state index contributed by atoms with van der Waals surface area (Å²) in [5.74, 6) is -1.92. The Kier molecular flexibility index (Phi) is 4.01. The lowest BCUT2D eigenvalue weighted by molar-refractivity contribution is -0.206. The molecule has 114 valence electrons. The molecule has 1 unspecified atom stereocenters. The van der Waals surface area contributed by atoms with Crippen molar-refractivity contribution in [3.63, 3.8) is 0 Å². The van der Waals surface area contributed by atoms with E-state index in [9.17, 15) is 18.0 Å². The molecule has 21 heavy (non-hydrogen) atoms. The molecule has 0 fully saturated rings. The van der Waals surface area contributed by atoms with Gasteiger partial charge in [0.05, 0.1) is 11.4 Å². The van der Waals surface area contributed by atoms with Crippen LogP contribution in [-0.4, -0.2) is 32.9 Å². The van der Waals surface area contributed by atoms with Gasteiger partial charge in [-0.3, -0.25) is 5.32 Å². The minimum absolute atomic E-state index is 0.0601. The predicted molar refractivity (Wildman–Crippen MR) is 66.5 cm³/mol. The van der Waals surface area contributed by atoms with E-state index in [1.807, 2.05) is 5.32 Å². The number of nitrogens with zero attached hydrogens (tertiary/aromatic N) is 2. The van der Waals surface area contributed by atoms with Crippen molar-refractivity contribution in [3.05, 3.63) is 23.3 Å². The van der Waals surface area contributed by atoms with Crippen molar-refractivity contribution in [2.45, 2.75) is 25.2 Å². The number of rotatable bonds is 5. The highest BCUT2D eigenvalue weighted by molar-refractivity contribution is 7.13. The zero-order valence-corrected chi connectivity index (χ0v) is 11.5. The second kappa shape index (κ2) is 5.45. The molecule has 1 atom stereocenters. The number of alkyl halides is 3. The Morgan fingerprint density at radius 2 is 2.24 bits per heavy atom. The van der Waals surface area contributed by atoms with Crippen molar-refractivity contribution >= 4 is 17.3 Å². The third kappa shape index (κ3) is 3.05. The van der Waals surface area contributed by atoms with Crippen LogP contribution in [0, 0.1) is 0 Å². The zero-order chi connectivity index (χ0) is 15.7. The summed E-state index contributed by atoms with van der Waals surface area (Å²) in [6, 6.07) is 3.47. The molecule has 2 rings (SSSR count). The molecule has 0 saturated carbocycles. The first-order valence-corrected chi connectivity index (χ1v) is 6.53. The summed E-state index contributed by atoms with van der Waals surface area (Å²) < 4.78 is 43.2. The lowest BCUT2D eigenvalue weighted by Gasteiger charge is -2.28. The summed E-state index contributed by atoms with van der Waals surface area (Å²) in [6.45, 7) is 0.0484. The molecule has 2 heterocycles. The molecule has 0 aliphatic rings. The molecule has 0 bridgehead atoms. The molecular formula is C11H10F3N3O3S. The molecule has 6 nitrogen and oxygen atoms in total. The number of carboxylic acids is 1. The molecule has 2 aromatic heterocycles. The highest BCUT2D eigenvalue weighted by atomic mass is 32.1. The summed E-state index contributed by atoms with van der Waals surface area (Å²) in [5, 5.41) is 16.0. The summed E-state index contributed by atoms with van der Waals surface area (Å²) in [4.78, 5) is 15.4. The van der Waals surface area contributed by atoms with Gasteiger partial charge in [0.2, 0.25) is 5.54 Å². The van der Waals surface area contributed by atoms with Crippen LogP contribution in [0.2, 0.25) is 0 Å². The molecule has 2 N–H and O–H groups in total. The van der Waals surface area contributed by atoms with Gasteiger partial charge >= 0.3 is 12.1 Å². The van der Waals surface area contributed by atoms with Gasteiger partial charge in [0.1, 0.15) is 0 Å². The van der Waals surface area contributed by atoms with Crippen molar-refractivity contribution in [2.24, 2.45) is 0 Å². The topological polar surface area (TPSA) is 88.3 Å². The van der Waals surface area contributed by atoms with Crippen molar-refractivity contribution < 1.29 is 27.6 Å². The molecule has 0 aliphatic carbocycles. The number of hydrogen-bond acceptors (Lipinski definition) is 6. The van der Waals surface area contributed by atoms with Gasteiger partial charge in [-0.15, -0.1) is 11.3 Å². The van der Waals surface area contributed by atoms with E-state index < -0.39 is 24.2 Å². The van der Waals surface area contributed by atoms with E-state index in [-0.39, 0.29) is 11.7 Å². The number of thiophene rings is 1. The normalized spacial score (nSPS) is 14.9. The number of hydrogen-bond donors (Lipinski definition) is 2. The van der Waals surface area contributed by atoms with Crippen LogP contribution in [0.15, 0.2) is 22.0 Å². The first-order chi connectivity index (χ1) is 9.74. The third-order valence-corrected chi connectivity index (χ3v) is 3.65. The minimum Gasteiger partial charge on any atom is -0.480 e. The number of halogens is 3. The van der Waals surface area contributed by atoms with Gasteiger partial charge in [-0.05, 0) is 18.4 Å². The van der Waals surface area contributed by atoms with E-state index in [4.69, 9.17) is 9.63 Å². The van der Waals surface area contributed by atoms with Crippen molar-refractivity contribution in [1.29, 1.82) is 0 Å². The maximum absolute atomic E-state index is 12.8. The zero-order valence-electron chi connectivity index (χ0n) is 10.6. The first kappa shape index (κ1) is 15.4. The minimum atomic E-state index is -4.96. The average molecular weight is 321 g/mol. The number of aromatic nitrogens is 2. The van der Waals surface area contributed by atoms with Gasteiger partial charge < -0.3 is 9.63 Å². The average Bonchev–Trinajstić information content (AvgIpc) is 3.04. The molecule has 10 heteroatoms. The monoisotopic (exact) mass is 321 g/mol. The maximum Gasteiger partial charge on any atom is 0.417 e. The molecule has 0 aliphatic heterocycles. The fourth-order valence-electron chi connectivity index (χ4n) is 1.38. The Morgan fingerprint density at radius 1 is 1.52 bits per heavy atom. The van der Waals surface area contributed by atoms with Gasteiger partial charge in [-0.2, -0.15) is 18.2 Å². The molecule has 0 spiro atoms. The van der Waals surface area contributed by atoms with E-state index in [1.165, 1.54) is 11.3 Å². The van der Waals surface area contributed by atoms with Crippen LogP contribution in [0.3, 0.4) is 0 Å². The van der Waals surface area contributed by atoms with E-state index in [2.05, 4.69) is 10.1 Å². The molecule has 0 amide bonds. The fourth-order valence-corrected chi connectivity index (χ4v) is 2.02. The Balaban J connectivity index is 2.11. The largest absolute Gasteiger partial charge is 0.480 e. The van der Waals surface area contributed by atoms with Crippen molar-refractivity contribution in [3.8, 4) is 10.8 Å². The van der Waals surface area contributed by atoms with Gasteiger partial charge in [-0.1, -0.05) is 11.2 Å². The molecule has 2 aromatic rings. The van der Waals surface area contributed by atoms with Crippen LogP contribution in [0.25, 0.3) is 10.8 Å². The summed E-state index contributed by atoms with van der Waals surface area (Å²) >= 11 is 1.33. The van der Waals surface area contributed by atoms with Gasteiger partial charge in [-0.25, -0.2) is 4.79 Å². The van der Waals surface area contributed by atoms with E-state index >= 15 is 0 Å². The Labute approximate surface area is 120 Å². The second-order valence-electron chi connectivity index (χ2n) is 4.27. The molecule has 0 saturated heterocycles. The van der Waals surface area contributed by atoms with Gasteiger partial charge in [0.15, 0.2) is 5.82 Å². The summed E-state index contributed by atoms with van der Waals surface area (Å²) in [5.41, 5.74) is -3.09. The second-order valence-corrected chi connectivity index (χ2v) is 5.22. The number of carboxylic acid groups (broad SMARTS) is 1.